The summed E-state index contributed by atoms with van der Waals surface area (Å²) in [4.78, 5) is 14.6. The van der Waals surface area contributed by atoms with Crippen molar-refractivity contribution >= 4 is 31.7 Å². The number of carbonyl (C=O) groups is 1. The van der Waals surface area contributed by atoms with Gasteiger partial charge in [-0.1, -0.05) is 22.0 Å². The summed E-state index contributed by atoms with van der Waals surface area (Å²) in [7, 11) is -3.02. The van der Waals surface area contributed by atoms with Gasteiger partial charge in [-0.15, -0.1) is 0 Å². The molecule has 2 heterocycles. The minimum atomic E-state index is -3.02. The molecule has 2 aliphatic rings. The Labute approximate surface area is 133 Å². The van der Waals surface area contributed by atoms with Crippen molar-refractivity contribution in [3.63, 3.8) is 0 Å². The van der Waals surface area contributed by atoms with Crippen LogP contribution >= 0.6 is 15.9 Å². The average Bonchev–Trinajstić information content (AvgIpc) is 2.66. The maximum Gasteiger partial charge on any atom is 0.254 e. The second-order valence-electron chi connectivity index (χ2n) is 6.03. The summed E-state index contributed by atoms with van der Waals surface area (Å²) in [5.41, 5.74) is 0.666. The maximum absolute atomic E-state index is 12.7. The van der Waals surface area contributed by atoms with Crippen LogP contribution in [0.3, 0.4) is 0 Å². The van der Waals surface area contributed by atoms with Gasteiger partial charge in [-0.2, -0.15) is 0 Å². The van der Waals surface area contributed by atoms with Crippen LogP contribution in [0, 0.1) is 0 Å². The third-order valence-corrected chi connectivity index (χ3v) is 6.69. The van der Waals surface area contributed by atoms with E-state index in [1.54, 1.807) is 0 Å². The number of halogens is 1. The number of amides is 1. The largest absolute Gasteiger partial charge is 0.333 e. The molecular formula is C15H18BrNO3S. The number of fused-ring (bicyclic) bond motifs is 2. The van der Waals surface area contributed by atoms with E-state index < -0.39 is 9.84 Å². The van der Waals surface area contributed by atoms with Gasteiger partial charge in [0.2, 0.25) is 0 Å². The number of rotatable bonds is 2. The van der Waals surface area contributed by atoms with Crippen molar-refractivity contribution in [2.45, 2.75) is 43.0 Å². The standard InChI is InChI=1S/C15H18BrNO3S/c1-21(19,20)14-8-12-5-6-13(9-14)17(12)15(18)10-3-2-4-11(16)7-10/h2-4,7,12-14H,5-6,8-9H2,1H3. The Balaban J connectivity index is 1.84. The van der Waals surface area contributed by atoms with Crippen LogP contribution in [0.15, 0.2) is 28.7 Å². The normalized spacial score (nSPS) is 28.7. The van der Waals surface area contributed by atoms with E-state index in [0.717, 1.165) is 17.3 Å². The highest BCUT2D eigenvalue weighted by Gasteiger charge is 2.45. The van der Waals surface area contributed by atoms with Crippen molar-refractivity contribution in [3.8, 4) is 0 Å². The fourth-order valence-corrected chi connectivity index (χ4v) is 5.12. The van der Waals surface area contributed by atoms with Gasteiger partial charge in [0.1, 0.15) is 9.84 Å². The Morgan fingerprint density at radius 2 is 1.86 bits per heavy atom. The number of benzene rings is 1. The molecule has 4 nitrogen and oxygen atoms in total. The van der Waals surface area contributed by atoms with E-state index in [4.69, 9.17) is 0 Å². The summed E-state index contributed by atoms with van der Waals surface area (Å²) in [5.74, 6) is 0.0238. The fraction of sp³-hybridized carbons (Fsp3) is 0.533. The van der Waals surface area contributed by atoms with Crippen LogP contribution < -0.4 is 0 Å². The first-order chi connectivity index (χ1) is 9.86. The molecule has 1 aromatic carbocycles. The van der Waals surface area contributed by atoms with Gasteiger partial charge in [-0.3, -0.25) is 4.79 Å². The highest BCUT2D eigenvalue weighted by atomic mass is 79.9. The molecule has 21 heavy (non-hydrogen) atoms. The van der Waals surface area contributed by atoms with Crippen LogP contribution in [0.4, 0.5) is 0 Å². The Bertz CT molecular complexity index is 659. The molecule has 3 rings (SSSR count). The lowest BCUT2D eigenvalue weighted by molar-refractivity contribution is 0.0598. The number of hydrogen-bond acceptors (Lipinski definition) is 3. The molecule has 114 valence electrons. The first-order valence-corrected chi connectivity index (χ1v) is 9.88. The van der Waals surface area contributed by atoms with Crippen LogP contribution in [0.2, 0.25) is 0 Å². The van der Waals surface area contributed by atoms with E-state index in [2.05, 4.69) is 15.9 Å². The minimum absolute atomic E-state index is 0.0238. The predicted molar refractivity (Wildman–Crippen MR) is 85.0 cm³/mol. The number of hydrogen-bond donors (Lipinski definition) is 0. The van der Waals surface area contributed by atoms with Crippen LogP contribution in [0.1, 0.15) is 36.0 Å². The highest BCUT2D eigenvalue weighted by Crippen LogP contribution is 2.39. The van der Waals surface area contributed by atoms with Crippen molar-refractivity contribution in [2.24, 2.45) is 0 Å². The molecule has 1 amide bonds. The van der Waals surface area contributed by atoms with E-state index in [9.17, 15) is 13.2 Å². The monoisotopic (exact) mass is 371 g/mol. The van der Waals surface area contributed by atoms with E-state index in [0.29, 0.717) is 18.4 Å². The number of nitrogens with zero attached hydrogens (tertiary/aromatic N) is 1. The van der Waals surface area contributed by atoms with Gasteiger partial charge < -0.3 is 4.90 Å². The molecule has 0 radical (unpaired) electrons. The molecule has 2 fully saturated rings. The summed E-state index contributed by atoms with van der Waals surface area (Å²) < 4.78 is 24.5. The summed E-state index contributed by atoms with van der Waals surface area (Å²) in [5, 5.41) is -0.290. The van der Waals surface area contributed by atoms with Gasteiger partial charge >= 0.3 is 0 Å². The SMILES string of the molecule is CS(=O)(=O)C1CC2CCC(C1)N2C(=O)c1cccc(Br)c1. The molecular weight excluding hydrogens is 354 g/mol. The summed E-state index contributed by atoms with van der Waals surface area (Å²) in [6, 6.07) is 7.51. The molecule has 2 atom stereocenters. The van der Waals surface area contributed by atoms with Gasteiger partial charge in [0.25, 0.3) is 5.91 Å². The Kier molecular flexibility index (Phi) is 3.86. The second-order valence-corrected chi connectivity index (χ2v) is 9.27. The highest BCUT2D eigenvalue weighted by molar-refractivity contribution is 9.10. The minimum Gasteiger partial charge on any atom is -0.333 e. The Morgan fingerprint density at radius 1 is 1.24 bits per heavy atom. The second kappa shape index (κ2) is 5.39. The van der Waals surface area contributed by atoms with Crippen molar-refractivity contribution in [3.05, 3.63) is 34.3 Å². The van der Waals surface area contributed by atoms with Gasteiger partial charge in [0, 0.05) is 28.4 Å². The van der Waals surface area contributed by atoms with E-state index in [-0.39, 0.29) is 23.2 Å². The Hall–Kier alpha value is -0.880. The quantitative estimate of drug-likeness (QED) is 0.802. The zero-order valence-electron chi connectivity index (χ0n) is 11.8. The molecule has 2 aliphatic heterocycles. The molecule has 1 aromatic rings. The smallest absolute Gasteiger partial charge is 0.254 e. The van der Waals surface area contributed by atoms with Crippen LogP contribution in [0.5, 0.6) is 0 Å². The third-order valence-electron chi connectivity index (χ3n) is 4.60. The van der Waals surface area contributed by atoms with E-state index in [1.807, 2.05) is 29.2 Å². The van der Waals surface area contributed by atoms with Crippen LogP contribution in [-0.4, -0.2) is 42.8 Å². The average molecular weight is 372 g/mol. The van der Waals surface area contributed by atoms with Crippen molar-refractivity contribution in [1.82, 2.24) is 4.90 Å². The summed E-state index contributed by atoms with van der Waals surface area (Å²) in [6.07, 6.45) is 4.29. The van der Waals surface area contributed by atoms with Crippen LogP contribution in [0.25, 0.3) is 0 Å². The predicted octanol–water partition coefficient (Wildman–Crippen LogP) is 2.63. The molecule has 2 saturated heterocycles. The van der Waals surface area contributed by atoms with E-state index >= 15 is 0 Å². The Morgan fingerprint density at radius 3 is 2.38 bits per heavy atom. The van der Waals surface area contributed by atoms with Crippen molar-refractivity contribution in [2.75, 3.05) is 6.26 Å². The van der Waals surface area contributed by atoms with Gasteiger partial charge in [-0.05, 0) is 43.9 Å². The lowest BCUT2D eigenvalue weighted by Crippen LogP contribution is -2.49. The van der Waals surface area contributed by atoms with Gasteiger partial charge in [0.05, 0.1) is 5.25 Å². The zero-order valence-corrected chi connectivity index (χ0v) is 14.2. The third kappa shape index (κ3) is 2.88. The molecule has 6 heteroatoms. The molecule has 0 N–H and O–H groups in total. The van der Waals surface area contributed by atoms with Gasteiger partial charge in [0.15, 0.2) is 0 Å². The first-order valence-electron chi connectivity index (χ1n) is 7.13. The molecule has 2 bridgehead atoms. The zero-order chi connectivity index (χ0) is 15.2. The summed E-state index contributed by atoms with van der Waals surface area (Å²) >= 11 is 3.39. The number of piperidine rings is 1. The lowest BCUT2D eigenvalue weighted by atomic mass is 10.0. The van der Waals surface area contributed by atoms with E-state index in [1.165, 1.54) is 6.26 Å². The van der Waals surface area contributed by atoms with Crippen LogP contribution in [-0.2, 0) is 9.84 Å². The lowest BCUT2D eigenvalue weighted by Gasteiger charge is -2.38. The number of carbonyl (C=O) groups excluding carboxylic acids is 1. The molecule has 2 unspecified atom stereocenters. The summed E-state index contributed by atoms with van der Waals surface area (Å²) in [6.45, 7) is 0. The maximum atomic E-state index is 12.7. The van der Waals surface area contributed by atoms with Crippen molar-refractivity contribution < 1.29 is 13.2 Å². The van der Waals surface area contributed by atoms with Gasteiger partial charge in [-0.25, -0.2) is 8.42 Å². The fourth-order valence-electron chi connectivity index (χ4n) is 3.58. The first kappa shape index (κ1) is 15.0. The van der Waals surface area contributed by atoms with Crippen molar-refractivity contribution in [1.29, 1.82) is 0 Å². The molecule has 0 spiro atoms. The topological polar surface area (TPSA) is 54.5 Å². The molecule has 0 aromatic heterocycles. The molecule has 0 saturated carbocycles. The number of sulfone groups is 1. The molecule has 0 aliphatic carbocycles.